The van der Waals surface area contributed by atoms with Crippen LogP contribution in [-0.2, 0) is 9.53 Å². The number of carbonyl (C=O) groups is 1. The third kappa shape index (κ3) is 5.19. The number of carbonyl (C=O) groups excluding carboxylic acids is 1. The summed E-state index contributed by atoms with van der Waals surface area (Å²) in [5, 5.41) is 0. The molecular weight excluding hydrogens is 406 g/mol. The van der Waals surface area contributed by atoms with Gasteiger partial charge in [0.05, 0.1) is 0 Å². The van der Waals surface area contributed by atoms with Crippen LogP contribution in [0.1, 0.15) is 105 Å². The molecule has 0 saturated heterocycles. The van der Waals surface area contributed by atoms with E-state index in [1.54, 1.807) is 0 Å². The summed E-state index contributed by atoms with van der Waals surface area (Å²) in [6, 6.07) is 0. The van der Waals surface area contributed by atoms with E-state index in [0.29, 0.717) is 12.8 Å². The summed E-state index contributed by atoms with van der Waals surface area (Å²) in [5.41, 5.74) is 0. The Morgan fingerprint density at radius 2 is 1.44 bits per heavy atom. The van der Waals surface area contributed by atoms with Gasteiger partial charge in [0, 0.05) is 6.92 Å². The van der Waals surface area contributed by atoms with Crippen molar-refractivity contribution < 1.29 is 18.3 Å². The predicted molar refractivity (Wildman–Crippen MR) is 124 cm³/mol. The zero-order valence-electron chi connectivity index (χ0n) is 20.8. The Labute approximate surface area is 194 Å². The molecule has 4 rings (SSSR count). The standard InChI is InChI=1S/C28H46F2O2/c1-17(2)6-5-7-18(3)21-12-13-26-23(21)14-15-24-22-11-9-20(32-27(31)28(4,29)30)16-19(22)8-10-25(24)26/h17-26H,5-16H2,1-4H3. The summed E-state index contributed by atoms with van der Waals surface area (Å²) in [6.07, 6.45) is 14.7. The first-order chi connectivity index (χ1) is 15.1. The van der Waals surface area contributed by atoms with E-state index >= 15 is 0 Å². The molecule has 0 radical (unpaired) electrons. The van der Waals surface area contributed by atoms with Crippen LogP contribution in [0, 0.1) is 53.3 Å². The first-order valence-corrected chi connectivity index (χ1v) is 13.7. The first-order valence-electron chi connectivity index (χ1n) is 13.7. The monoisotopic (exact) mass is 452 g/mol. The first kappa shape index (κ1) is 24.5. The van der Waals surface area contributed by atoms with Gasteiger partial charge in [0.15, 0.2) is 0 Å². The predicted octanol–water partition coefficient (Wildman–Crippen LogP) is 7.89. The Kier molecular flexibility index (Phi) is 7.57. The molecule has 0 aromatic rings. The molecule has 0 aromatic carbocycles. The van der Waals surface area contributed by atoms with Gasteiger partial charge in [-0.05, 0) is 111 Å². The molecule has 9 atom stereocenters. The van der Waals surface area contributed by atoms with Gasteiger partial charge >= 0.3 is 11.9 Å². The van der Waals surface area contributed by atoms with Crippen LogP contribution in [0.25, 0.3) is 0 Å². The van der Waals surface area contributed by atoms with Crippen LogP contribution >= 0.6 is 0 Å². The number of esters is 1. The fourth-order valence-corrected chi connectivity index (χ4v) is 8.64. The van der Waals surface area contributed by atoms with Crippen LogP contribution in [0.5, 0.6) is 0 Å². The van der Waals surface area contributed by atoms with E-state index in [4.69, 9.17) is 4.74 Å². The van der Waals surface area contributed by atoms with Gasteiger partial charge in [-0.3, -0.25) is 0 Å². The summed E-state index contributed by atoms with van der Waals surface area (Å²) in [6.45, 7) is 7.85. The van der Waals surface area contributed by atoms with Gasteiger partial charge in [-0.15, -0.1) is 0 Å². The molecule has 4 saturated carbocycles. The van der Waals surface area contributed by atoms with Crippen LogP contribution in [0.4, 0.5) is 8.78 Å². The number of hydrogen-bond donors (Lipinski definition) is 0. The average molecular weight is 453 g/mol. The maximum atomic E-state index is 13.3. The van der Waals surface area contributed by atoms with Gasteiger partial charge in [0.25, 0.3) is 0 Å². The highest BCUT2D eigenvalue weighted by atomic mass is 19.3. The molecule has 0 aliphatic heterocycles. The molecule has 0 amide bonds. The summed E-state index contributed by atoms with van der Waals surface area (Å²) >= 11 is 0. The minimum absolute atomic E-state index is 0.301. The van der Waals surface area contributed by atoms with Crippen molar-refractivity contribution in [2.75, 3.05) is 0 Å². The summed E-state index contributed by atoms with van der Waals surface area (Å²) in [5.74, 6) is 2.82. The number of ether oxygens (including phenoxy) is 1. The molecule has 9 unspecified atom stereocenters. The van der Waals surface area contributed by atoms with E-state index in [-0.39, 0.29) is 6.10 Å². The lowest BCUT2D eigenvalue weighted by Gasteiger charge is -2.53. The summed E-state index contributed by atoms with van der Waals surface area (Å²) in [4.78, 5) is 11.7. The van der Waals surface area contributed by atoms with Crippen molar-refractivity contribution in [1.82, 2.24) is 0 Å². The minimum atomic E-state index is -3.38. The fraction of sp³-hybridized carbons (Fsp3) is 0.964. The lowest BCUT2D eigenvalue weighted by Crippen LogP contribution is -2.46. The van der Waals surface area contributed by atoms with Crippen LogP contribution in [0.2, 0.25) is 0 Å². The smallest absolute Gasteiger partial charge is 0.376 e. The normalized spacial score (nSPS) is 40.3. The molecule has 0 bridgehead atoms. The van der Waals surface area contributed by atoms with Crippen LogP contribution in [0.3, 0.4) is 0 Å². The Bertz CT molecular complexity index is 642. The zero-order chi connectivity index (χ0) is 23.0. The van der Waals surface area contributed by atoms with E-state index in [0.717, 1.165) is 66.6 Å². The maximum absolute atomic E-state index is 13.3. The third-order valence-corrected chi connectivity index (χ3v) is 10.1. The van der Waals surface area contributed by atoms with Crippen molar-refractivity contribution in [2.24, 2.45) is 53.3 Å². The average Bonchev–Trinajstić information content (AvgIpc) is 3.16. The molecule has 4 aliphatic carbocycles. The van der Waals surface area contributed by atoms with E-state index in [1.165, 1.54) is 57.8 Å². The van der Waals surface area contributed by atoms with Gasteiger partial charge in [-0.2, -0.15) is 8.78 Å². The van der Waals surface area contributed by atoms with E-state index in [2.05, 4.69) is 20.8 Å². The second-order valence-electron chi connectivity index (χ2n) is 12.5. The van der Waals surface area contributed by atoms with E-state index < -0.39 is 11.9 Å². The highest BCUT2D eigenvalue weighted by Crippen LogP contribution is 2.60. The van der Waals surface area contributed by atoms with Gasteiger partial charge in [0.2, 0.25) is 0 Å². The maximum Gasteiger partial charge on any atom is 0.376 e. The molecule has 0 spiro atoms. The SMILES string of the molecule is CC(C)CCCC(C)C1CCC2C1CCC1C3CCC(OC(=O)C(C)(F)F)CC3CCC12. The lowest BCUT2D eigenvalue weighted by molar-refractivity contribution is -0.179. The van der Waals surface area contributed by atoms with E-state index in [9.17, 15) is 13.6 Å². The molecule has 4 heteroatoms. The molecule has 32 heavy (non-hydrogen) atoms. The summed E-state index contributed by atoms with van der Waals surface area (Å²) in [7, 11) is 0. The quantitative estimate of drug-likeness (QED) is 0.367. The third-order valence-electron chi connectivity index (χ3n) is 10.1. The van der Waals surface area contributed by atoms with Crippen LogP contribution in [0.15, 0.2) is 0 Å². The van der Waals surface area contributed by atoms with Gasteiger partial charge in [-0.1, -0.05) is 40.0 Å². The fourth-order valence-electron chi connectivity index (χ4n) is 8.64. The summed E-state index contributed by atoms with van der Waals surface area (Å²) < 4.78 is 31.7. The second kappa shape index (κ2) is 9.90. The van der Waals surface area contributed by atoms with Gasteiger partial charge < -0.3 is 4.74 Å². The molecule has 4 aliphatic rings. The van der Waals surface area contributed by atoms with Crippen molar-refractivity contribution >= 4 is 5.97 Å². The number of hydrogen-bond acceptors (Lipinski definition) is 2. The van der Waals surface area contributed by atoms with Crippen molar-refractivity contribution in [2.45, 2.75) is 117 Å². The Balaban J connectivity index is 1.32. The highest BCUT2D eigenvalue weighted by molar-refractivity contribution is 5.77. The van der Waals surface area contributed by atoms with E-state index in [1.807, 2.05) is 0 Å². The number of rotatable bonds is 7. The highest BCUT2D eigenvalue weighted by Gasteiger charge is 2.52. The zero-order valence-corrected chi connectivity index (χ0v) is 20.8. The van der Waals surface area contributed by atoms with Crippen molar-refractivity contribution in [3.05, 3.63) is 0 Å². The van der Waals surface area contributed by atoms with Crippen molar-refractivity contribution in [3.63, 3.8) is 0 Å². The molecule has 0 aromatic heterocycles. The Hall–Kier alpha value is -0.670. The lowest BCUT2D eigenvalue weighted by atomic mass is 9.53. The molecule has 0 N–H and O–H groups in total. The number of alkyl halides is 2. The molecule has 0 heterocycles. The molecule has 4 fully saturated rings. The number of halogens is 2. The van der Waals surface area contributed by atoms with Crippen molar-refractivity contribution in [3.8, 4) is 0 Å². The largest absolute Gasteiger partial charge is 0.458 e. The molecular formula is C28H46F2O2. The Morgan fingerprint density at radius 3 is 2.16 bits per heavy atom. The van der Waals surface area contributed by atoms with Crippen molar-refractivity contribution in [1.29, 1.82) is 0 Å². The molecule has 2 nitrogen and oxygen atoms in total. The van der Waals surface area contributed by atoms with Gasteiger partial charge in [-0.25, -0.2) is 4.79 Å². The molecule has 184 valence electrons. The topological polar surface area (TPSA) is 26.3 Å². The Morgan fingerprint density at radius 1 is 0.844 bits per heavy atom. The van der Waals surface area contributed by atoms with Gasteiger partial charge in [0.1, 0.15) is 6.10 Å². The van der Waals surface area contributed by atoms with Crippen LogP contribution < -0.4 is 0 Å². The minimum Gasteiger partial charge on any atom is -0.458 e. The second-order valence-corrected chi connectivity index (χ2v) is 12.5. The number of fused-ring (bicyclic) bond motifs is 5. The van der Waals surface area contributed by atoms with Crippen LogP contribution in [-0.4, -0.2) is 18.0 Å².